The van der Waals surface area contributed by atoms with Gasteiger partial charge in [-0.25, -0.2) is 0 Å². The summed E-state index contributed by atoms with van der Waals surface area (Å²) in [5.74, 6) is 0.114. The number of carbonyl (C=O) groups excluding carboxylic acids is 1. The third-order valence-corrected chi connectivity index (χ3v) is 3.46. The smallest absolute Gasteiger partial charge is 0.238 e. The number of aryl methyl sites for hydroxylation is 1. The molecule has 1 aromatic carbocycles. The van der Waals surface area contributed by atoms with Crippen molar-refractivity contribution in [2.24, 2.45) is 0 Å². The summed E-state index contributed by atoms with van der Waals surface area (Å²) in [5.41, 5.74) is 2.59. The first-order valence-electron chi connectivity index (χ1n) is 7.05. The number of carbonyl (C=O) groups is 1. The minimum Gasteiger partial charge on any atom is -0.347 e. The van der Waals surface area contributed by atoms with Crippen LogP contribution in [-0.2, 0) is 11.2 Å². The van der Waals surface area contributed by atoms with Crippen molar-refractivity contribution < 1.29 is 4.79 Å². The van der Waals surface area contributed by atoms with Gasteiger partial charge in [0.15, 0.2) is 0 Å². The number of benzene rings is 1. The van der Waals surface area contributed by atoms with Crippen LogP contribution in [0, 0.1) is 0 Å². The quantitative estimate of drug-likeness (QED) is 0.855. The Morgan fingerprint density at radius 3 is 2.21 bits per heavy atom. The lowest BCUT2D eigenvalue weighted by atomic mass is 10.0. The van der Waals surface area contributed by atoms with Crippen molar-refractivity contribution in [1.29, 1.82) is 0 Å². The molecule has 0 saturated carbocycles. The highest BCUT2D eigenvalue weighted by Crippen LogP contribution is 2.18. The summed E-state index contributed by atoms with van der Waals surface area (Å²) in [6.07, 6.45) is 2.02. The molecule has 3 nitrogen and oxygen atoms in total. The van der Waals surface area contributed by atoms with Crippen LogP contribution in [-0.4, -0.2) is 30.9 Å². The Kier molecular flexibility index (Phi) is 6.03. The van der Waals surface area contributed by atoms with Gasteiger partial charge in [0.25, 0.3) is 0 Å². The zero-order valence-electron chi connectivity index (χ0n) is 12.7. The van der Waals surface area contributed by atoms with Crippen LogP contribution in [0.15, 0.2) is 24.3 Å². The van der Waals surface area contributed by atoms with Crippen LogP contribution in [0.1, 0.15) is 44.4 Å². The molecular formula is C16H26N2O. The van der Waals surface area contributed by atoms with Gasteiger partial charge in [0.2, 0.25) is 5.91 Å². The van der Waals surface area contributed by atoms with E-state index in [9.17, 15) is 4.79 Å². The molecule has 1 amide bonds. The number of nitrogens with one attached hydrogen (secondary N) is 1. The highest BCUT2D eigenvalue weighted by Gasteiger charge is 2.19. The molecule has 0 aliphatic rings. The molecule has 2 unspecified atom stereocenters. The molecule has 0 bridgehead atoms. The molecule has 0 fully saturated rings. The molecule has 106 valence electrons. The van der Waals surface area contributed by atoms with Gasteiger partial charge in [0, 0.05) is 20.1 Å². The maximum absolute atomic E-state index is 11.9. The summed E-state index contributed by atoms with van der Waals surface area (Å²) in [6.45, 7) is 6.21. The minimum absolute atomic E-state index is 0.114. The number of rotatable bonds is 6. The van der Waals surface area contributed by atoms with E-state index in [2.05, 4.69) is 43.4 Å². The largest absolute Gasteiger partial charge is 0.347 e. The number of likely N-dealkylation sites (N-methyl/N-ethyl adjacent to an activating group) is 1. The molecular weight excluding hydrogens is 236 g/mol. The molecule has 0 heterocycles. The summed E-state index contributed by atoms with van der Waals surface area (Å²) in [5, 5.41) is 3.41. The van der Waals surface area contributed by atoms with Crippen molar-refractivity contribution in [2.45, 2.75) is 45.7 Å². The predicted octanol–water partition coefficient (Wildman–Crippen LogP) is 2.77. The number of amides is 1. The highest BCUT2D eigenvalue weighted by atomic mass is 16.2. The van der Waals surface area contributed by atoms with Gasteiger partial charge in [-0.15, -0.1) is 0 Å². The van der Waals surface area contributed by atoms with Gasteiger partial charge < -0.3 is 4.90 Å². The monoisotopic (exact) mass is 262 g/mol. The molecule has 1 N–H and O–H groups in total. The van der Waals surface area contributed by atoms with E-state index in [-0.39, 0.29) is 18.0 Å². The molecule has 1 rings (SSSR count). The van der Waals surface area contributed by atoms with Gasteiger partial charge in [-0.3, -0.25) is 10.1 Å². The summed E-state index contributed by atoms with van der Waals surface area (Å²) in [7, 11) is 3.58. The van der Waals surface area contributed by atoms with E-state index in [1.807, 2.05) is 6.92 Å². The first-order valence-corrected chi connectivity index (χ1v) is 7.05. The number of nitrogens with zero attached hydrogens (tertiary/aromatic N) is 1. The molecule has 2 atom stereocenters. The Bertz CT molecular complexity index is 398. The van der Waals surface area contributed by atoms with Crippen molar-refractivity contribution in [2.75, 3.05) is 14.1 Å². The van der Waals surface area contributed by atoms with Crippen molar-refractivity contribution in [1.82, 2.24) is 10.2 Å². The maximum atomic E-state index is 11.9. The van der Waals surface area contributed by atoms with E-state index in [1.165, 1.54) is 11.1 Å². The Balaban J connectivity index is 2.74. The second kappa shape index (κ2) is 7.29. The molecule has 0 radical (unpaired) electrons. The van der Waals surface area contributed by atoms with E-state index >= 15 is 0 Å². The molecule has 3 heteroatoms. The van der Waals surface area contributed by atoms with E-state index in [1.54, 1.807) is 19.0 Å². The van der Waals surface area contributed by atoms with Gasteiger partial charge in [0.1, 0.15) is 0 Å². The molecule has 0 aliphatic heterocycles. The van der Waals surface area contributed by atoms with Crippen LogP contribution in [0.5, 0.6) is 0 Å². The minimum atomic E-state index is -0.161. The fourth-order valence-corrected chi connectivity index (χ4v) is 2.20. The van der Waals surface area contributed by atoms with Gasteiger partial charge in [0.05, 0.1) is 6.04 Å². The molecule has 1 aromatic rings. The Morgan fingerprint density at radius 2 is 1.79 bits per heavy atom. The van der Waals surface area contributed by atoms with Gasteiger partial charge in [-0.2, -0.15) is 0 Å². The normalized spacial score (nSPS) is 13.9. The molecule has 0 saturated heterocycles. The molecule has 0 spiro atoms. The van der Waals surface area contributed by atoms with E-state index in [4.69, 9.17) is 0 Å². The topological polar surface area (TPSA) is 32.3 Å². The fraction of sp³-hybridized carbons (Fsp3) is 0.562. The lowest BCUT2D eigenvalue weighted by Crippen LogP contribution is -2.43. The Hall–Kier alpha value is -1.35. The molecule has 0 aliphatic carbocycles. The van der Waals surface area contributed by atoms with Crippen LogP contribution in [0.25, 0.3) is 0 Å². The standard InChI is InChI=1S/C16H26N2O/c1-6-13-8-10-14(11-9-13)15(7-2)17-12(3)16(19)18(4)5/h8-12,15,17H,6-7H2,1-5H3. The summed E-state index contributed by atoms with van der Waals surface area (Å²) < 4.78 is 0. The average Bonchev–Trinajstić information content (AvgIpc) is 2.43. The predicted molar refractivity (Wildman–Crippen MR) is 80.1 cm³/mol. The van der Waals surface area contributed by atoms with E-state index in [0.29, 0.717) is 0 Å². The van der Waals surface area contributed by atoms with Gasteiger partial charge in [-0.05, 0) is 30.9 Å². The van der Waals surface area contributed by atoms with Gasteiger partial charge in [-0.1, -0.05) is 38.1 Å². The zero-order chi connectivity index (χ0) is 14.4. The fourth-order valence-electron chi connectivity index (χ4n) is 2.20. The van der Waals surface area contributed by atoms with Crippen LogP contribution in [0.3, 0.4) is 0 Å². The van der Waals surface area contributed by atoms with Crippen LogP contribution in [0.4, 0.5) is 0 Å². The van der Waals surface area contributed by atoms with Gasteiger partial charge >= 0.3 is 0 Å². The van der Waals surface area contributed by atoms with Crippen molar-refractivity contribution in [3.05, 3.63) is 35.4 Å². The third kappa shape index (κ3) is 4.35. The SMILES string of the molecule is CCc1ccc(C(CC)NC(C)C(=O)N(C)C)cc1. The Morgan fingerprint density at radius 1 is 1.21 bits per heavy atom. The average molecular weight is 262 g/mol. The summed E-state index contributed by atoms with van der Waals surface area (Å²) in [4.78, 5) is 13.5. The van der Waals surface area contributed by atoms with Crippen molar-refractivity contribution in [3.8, 4) is 0 Å². The van der Waals surface area contributed by atoms with Crippen LogP contribution < -0.4 is 5.32 Å². The molecule has 19 heavy (non-hydrogen) atoms. The highest BCUT2D eigenvalue weighted by molar-refractivity contribution is 5.80. The molecule has 0 aromatic heterocycles. The second-order valence-corrected chi connectivity index (χ2v) is 5.18. The van der Waals surface area contributed by atoms with E-state index < -0.39 is 0 Å². The van der Waals surface area contributed by atoms with Crippen molar-refractivity contribution in [3.63, 3.8) is 0 Å². The maximum Gasteiger partial charge on any atom is 0.238 e. The van der Waals surface area contributed by atoms with Crippen LogP contribution in [0.2, 0.25) is 0 Å². The third-order valence-electron chi connectivity index (χ3n) is 3.46. The van der Waals surface area contributed by atoms with Crippen LogP contribution >= 0.6 is 0 Å². The van der Waals surface area contributed by atoms with Crippen molar-refractivity contribution >= 4 is 5.91 Å². The first-order chi connectivity index (χ1) is 8.99. The lowest BCUT2D eigenvalue weighted by Gasteiger charge is -2.24. The lowest BCUT2D eigenvalue weighted by molar-refractivity contribution is -0.130. The number of hydrogen-bond acceptors (Lipinski definition) is 2. The zero-order valence-corrected chi connectivity index (χ0v) is 12.7. The first kappa shape index (κ1) is 15.7. The second-order valence-electron chi connectivity index (χ2n) is 5.18. The Labute approximate surface area is 117 Å². The summed E-state index contributed by atoms with van der Waals surface area (Å²) >= 11 is 0. The van der Waals surface area contributed by atoms with E-state index in [0.717, 1.165) is 12.8 Å². The number of hydrogen-bond donors (Lipinski definition) is 1. The summed E-state index contributed by atoms with van der Waals surface area (Å²) in [6, 6.07) is 8.71.